The maximum atomic E-state index is 12.4. The first kappa shape index (κ1) is 16.8. The third kappa shape index (κ3) is 2.57. The van der Waals surface area contributed by atoms with Crippen molar-refractivity contribution in [3.05, 3.63) is 53.5 Å². The summed E-state index contributed by atoms with van der Waals surface area (Å²) in [7, 11) is 0. The quantitative estimate of drug-likeness (QED) is 0.560. The van der Waals surface area contributed by atoms with Crippen LogP contribution in [0.2, 0.25) is 0 Å². The van der Waals surface area contributed by atoms with E-state index in [1.165, 1.54) is 17.4 Å². The third-order valence-corrected chi connectivity index (χ3v) is 7.34. The molecule has 0 unspecified atom stereocenters. The molecule has 2 aromatic rings. The Hall–Kier alpha value is -2.36. The Kier molecular flexibility index (Phi) is 3.78. The van der Waals surface area contributed by atoms with Crippen LogP contribution in [0.4, 0.5) is 0 Å². The average molecular weight is 364 g/mol. The molecule has 0 amide bonds. The van der Waals surface area contributed by atoms with Gasteiger partial charge in [0.2, 0.25) is 5.76 Å². The molecular weight excluding hydrogens is 340 g/mol. The summed E-state index contributed by atoms with van der Waals surface area (Å²) in [5.74, 6) is 2.49. The van der Waals surface area contributed by atoms with Crippen molar-refractivity contribution in [2.45, 2.75) is 51.4 Å². The molecule has 0 spiro atoms. The van der Waals surface area contributed by atoms with Gasteiger partial charge < -0.3 is 9.15 Å². The lowest BCUT2D eigenvalue weighted by molar-refractivity contribution is -0.129. The highest BCUT2D eigenvalue weighted by molar-refractivity contribution is 5.88. The topological polar surface area (TPSA) is 56.5 Å². The van der Waals surface area contributed by atoms with E-state index in [1.54, 1.807) is 12.1 Å². The summed E-state index contributed by atoms with van der Waals surface area (Å²) in [6.07, 6.45) is 7.50. The van der Waals surface area contributed by atoms with Gasteiger partial charge in [-0.15, -0.1) is 0 Å². The van der Waals surface area contributed by atoms with Crippen molar-refractivity contribution < 1.29 is 18.7 Å². The Morgan fingerprint density at radius 1 is 1.19 bits per heavy atom. The van der Waals surface area contributed by atoms with Crippen LogP contribution in [0, 0.1) is 17.3 Å². The van der Waals surface area contributed by atoms with E-state index in [4.69, 9.17) is 9.15 Å². The largest absolute Gasteiger partial charge is 0.457 e. The van der Waals surface area contributed by atoms with Crippen molar-refractivity contribution in [2.75, 3.05) is 0 Å². The fraction of sp³-hybridized carbons (Fsp3) is 0.478. The Bertz CT molecular complexity index is 897. The second kappa shape index (κ2) is 6.08. The highest BCUT2D eigenvalue weighted by Gasteiger charge is 2.54. The van der Waals surface area contributed by atoms with E-state index in [-0.39, 0.29) is 11.2 Å². The van der Waals surface area contributed by atoms with Gasteiger partial charge in [-0.1, -0.05) is 13.0 Å². The van der Waals surface area contributed by atoms with Crippen molar-refractivity contribution >= 4 is 11.8 Å². The van der Waals surface area contributed by atoms with E-state index in [2.05, 4.69) is 13.0 Å². The molecule has 4 atom stereocenters. The van der Waals surface area contributed by atoms with Crippen LogP contribution in [-0.2, 0) is 11.2 Å². The van der Waals surface area contributed by atoms with Crippen LogP contribution in [0.25, 0.3) is 0 Å². The summed E-state index contributed by atoms with van der Waals surface area (Å²) in [6, 6.07) is 9.33. The molecule has 4 heteroatoms. The van der Waals surface area contributed by atoms with Gasteiger partial charge in [-0.3, -0.25) is 4.79 Å². The summed E-state index contributed by atoms with van der Waals surface area (Å²) in [5, 5.41) is 0. The van der Waals surface area contributed by atoms with Crippen molar-refractivity contribution in [2.24, 2.45) is 17.3 Å². The molecule has 0 aliphatic heterocycles. The molecule has 2 saturated carbocycles. The molecule has 1 aromatic carbocycles. The van der Waals surface area contributed by atoms with Gasteiger partial charge in [0, 0.05) is 11.8 Å². The number of esters is 1. The lowest BCUT2D eigenvalue weighted by Crippen LogP contribution is -2.42. The zero-order valence-corrected chi connectivity index (χ0v) is 15.6. The second-order valence-electron chi connectivity index (χ2n) is 8.56. The minimum atomic E-state index is -0.466. The molecule has 0 radical (unpaired) electrons. The van der Waals surface area contributed by atoms with Crippen LogP contribution in [0.1, 0.15) is 66.6 Å². The zero-order valence-electron chi connectivity index (χ0n) is 15.6. The van der Waals surface area contributed by atoms with Gasteiger partial charge >= 0.3 is 5.97 Å². The average Bonchev–Trinajstić information content (AvgIpc) is 3.30. The normalized spacial score (nSPS) is 31.7. The predicted molar refractivity (Wildman–Crippen MR) is 99.7 cm³/mol. The number of carbonyl (C=O) groups excluding carboxylic acids is 2. The summed E-state index contributed by atoms with van der Waals surface area (Å²) >= 11 is 0. The number of furan rings is 1. The fourth-order valence-electron chi connectivity index (χ4n) is 5.95. The van der Waals surface area contributed by atoms with Crippen molar-refractivity contribution in [3.63, 3.8) is 0 Å². The van der Waals surface area contributed by atoms with Gasteiger partial charge in [-0.05, 0) is 85.3 Å². The van der Waals surface area contributed by atoms with Crippen LogP contribution < -0.4 is 4.74 Å². The maximum absolute atomic E-state index is 12.4. The van der Waals surface area contributed by atoms with Gasteiger partial charge in [0.1, 0.15) is 11.5 Å². The molecular formula is C23H24O4. The van der Waals surface area contributed by atoms with Gasteiger partial charge in [-0.25, -0.2) is 4.79 Å². The van der Waals surface area contributed by atoms with Crippen LogP contribution in [-0.4, -0.2) is 11.8 Å². The standard InChI is InChI=1S/C23H24O4/c1-23-11-10-17-16-7-5-15(27-22(25)20-3-2-12-26-20)13-14(16)4-6-18(17)19(23)8-9-21(23)24/h2-3,5,7,12-13,17-19H,4,6,8-11H2,1H3/t17-,18-,19+,23+/m1/s1. The molecule has 3 aliphatic rings. The van der Waals surface area contributed by atoms with E-state index in [0.717, 1.165) is 38.5 Å². The Morgan fingerprint density at radius 3 is 2.89 bits per heavy atom. The lowest BCUT2D eigenvalue weighted by atomic mass is 9.55. The first-order chi connectivity index (χ1) is 13.1. The first-order valence-electron chi connectivity index (χ1n) is 9.98. The predicted octanol–water partition coefficient (Wildman–Crippen LogP) is 4.92. The van der Waals surface area contributed by atoms with Gasteiger partial charge in [0.05, 0.1) is 6.26 Å². The lowest BCUT2D eigenvalue weighted by Gasteiger charge is -2.48. The summed E-state index contributed by atoms with van der Waals surface area (Å²) in [5.41, 5.74) is 2.59. The third-order valence-electron chi connectivity index (χ3n) is 7.34. The Balaban J connectivity index is 1.39. The van der Waals surface area contributed by atoms with Gasteiger partial charge in [0.25, 0.3) is 0 Å². The first-order valence-corrected chi connectivity index (χ1v) is 9.98. The second-order valence-corrected chi connectivity index (χ2v) is 8.56. The van der Waals surface area contributed by atoms with Crippen LogP contribution >= 0.6 is 0 Å². The van der Waals surface area contributed by atoms with Gasteiger partial charge in [-0.2, -0.15) is 0 Å². The van der Waals surface area contributed by atoms with E-state index in [1.807, 2.05) is 12.1 Å². The highest BCUT2D eigenvalue weighted by Crippen LogP contribution is 2.59. The van der Waals surface area contributed by atoms with Gasteiger partial charge in [0.15, 0.2) is 0 Å². The Morgan fingerprint density at radius 2 is 2.07 bits per heavy atom. The van der Waals surface area contributed by atoms with Crippen LogP contribution in [0.15, 0.2) is 41.0 Å². The van der Waals surface area contributed by atoms with Crippen molar-refractivity contribution in [1.29, 1.82) is 0 Å². The number of benzene rings is 1. The highest BCUT2D eigenvalue weighted by atomic mass is 16.5. The van der Waals surface area contributed by atoms with Crippen molar-refractivity contribution in [1.82, 2.24) is 0 Å². The number of ether oxygens (including phenoxy) is 1. The molecule has 0 N–H and O–H groups in total. The van der Waals surface area contributed by atoms with E-state index in [9.17, 15) is 9.59 Å². The molecule has 1 heterocycles. The minimum absolute atomic E-state index is 0.0861. The molecule has 140 valence electrons. The number of fused-ring (bicyclic) bond motifs is 5. The summed E-state index contributed by atoms with van der Waals surface area (Å²) in [4.78, 5) is 24.6. The molecule has 1 aromatic heterocycles. The molecule has 27 heavy (non-hydrogen) atoms. The number of rotatable bonds is 2. The SMILES string of the molecule is C[C@]12CC[C@@H]3c4ccc(OC(=O)c5ccco5)cc4CC[C@H]3[C@@H]1CCC2=O. The number of hydrogen-bond donors (Lipinski definition) is 0. The van der Waals surface area contributed by atoms with Crippen LogP contribution in [0.5, 0.6) is 5.75 Å². The number of ketones is 1. The number of Topliss-reactive ketones (excluding diaryl/α,β-unsaturated/α-hetero) is 1. The van der Waals surface area contributed by atoms with Crippen molar-refractivity contribution in [3.8, 4) is 5.75 Å². The van der Waals surface area contributed by atoms with E-state index >= 15 is 0 Å². The molecule has 5 rings (SSSR count). The summed E-state index contributed by atoms with van der Waals surface area (Å²) < 4.78 is 10.6. The molecule has 2 fully saturated rings. The van der Waals surface area contributed by atoms with E-state index < -0.39 is 5.97 Å². The summed E-state index contributed by atoms with van der Waals surface area (Å²) in [6.45, 7) is 2.20. The molecule has 4 nitrogen and oxygen atoms in total. The number of carbonyl (C=O) groups is 2. The zero-order chi connectivity index (χ0) is 18.6. The van der Waals surface area contributed by atoms with Crippen LogP contribution in [0.3, 0.4) is 0 Å². The minimum Gasteiger partial charge on any atom is -0.457 e. The molecule has 3 aliphatic carbocycles. The monoisotopic (exact) mass is 364 g/mol. The maximum Gasteiger partial charge on any atom is 0.379 e. The molecule has 0 bridgehead atoms. The van der Waals surface area contributed by atoms with E-state index in [0.29, 0.717) is 29.3 Å². The number of hydrogen-bond acceptors (Lipinski definition) is 4. The number of aryl methyl sites for hydroxylation is 1. The smallest absolute Gasteiger partial charge is 0.379 e. The molecule has 0 saturated heterocycles. The Labute approximate surface area is 158 Å². The fourth-order valence-corrected chi connectivity index (χ4v) is 5.95.